The number of nitrogens with zero attached hydrogens (tertiary/aromatic N) is 1. The van der Waals surface area contributed by atoms with Crippen LogP contribution in [0.4, 0.5) is 5.69 Å². The highest BCUT2D eigenvalue weighted by Gasteiger charge is 2.74. The molecule has 2 heterocycles. The maximum absolute atomic E-state index is 14.0. The van der Waals surface area contributed by atoms with Crippen molar-refractivity contribution in [1.29, 1.82) is 0 Å². The average Bonchev–Trinajstić information content (AvgIpc) is 3.49. The maximum atomic E-state index is 14.0. The summed E-state index contributed by atoms with van der Waals surface area (Å²) in [5.41, 5.74) is 0.0852. The zero-order chi connectivity index (χ0) is 26.1. The number of carbonyl (C=O) groups excluding carboxylic acids is 4. The molecule has 186 valence electrons. The molecule has 2 amide bonds. The first-order chi connectivity index (χ1) is 17.8. The summed E-state index contributed by atoms with van der Waals surface area (Å²) >= 11 is 0. The Kier molecular flexibility index (Phi) is 5.07. The van der Waals surface area contributed by atoms with Crippen LogP contribution in [0.1, 0.15) is 37.9 Å². The van der Waals surface area contributed by atoms with Gasteiger partial charge in [-0.1, -0.05) is 48.0 Å². The maximum Gasteiger partial charge on any atom is 0.241 e. The van der Waals surface area contributed by atoms with Crippen LogP contribution in [-0.4, -0.2) is 43.2 Å². The van der Waals surface area contributed by atoms with Gasteiger partial charge in [-0.15, -0.1) is 0 Å². The molecule has 2 aliphatic heterocycles. The van der Waals surface area contributed by atoms with Crippen LogP contribution in [0, 0.1) is 18.8 Å². The number of fused-ring (bicyclic) bond motifs is 3. The number of ether oxygens (including phenoxy) is 3. The third kappa shape index (κ3) is 2.99. The minimum atomic E-state index is -2.13. The van der Waals surface area contributed by atoms with Gasteiger partial charge in [0, 0.05) is 11.1 Å². The Morgan fingerprint density at radius 3 is 2.00 bits per heavy atom. The Morgan fingerprint density at radius 2 is 1.41 bits per heavy atom. The zero-order valence-electron chi connectivity index (χ0n) is 20.4. The van der Waals surface area contributed by atoms with Crippen LogP contribution in [0.15, 0.2) is 66.7 Å². The summed E-state index contributed by atoms with van der Waals surface area (Å²) in [6.07, 6.45) is -1.04. The van der Waals surface area contributed by atoms with Gasteiger partial charge in [0.25, 0.3) is 0 Å². The molecule has 3 aliphatic rings. The topological polar surface area (TPSA) is 99.2 Å². The second-order valence-electron chi connectivity index (χ2n) is 9.44. The number of amides is 2. The van der Waals surface area contributed by atoms with Crippen LogP contribution < -0.4 is 14.4 Å². The van der Waals surface area contributed by atoms with Crippen molar-refractivity contribution in [3.63, 3.8) is 0 Å². The fraction of sp³-hybridized carbons (Fsp3) is 0.241. The number of hydrogen-bond donors (Lipinski definition) is 0. The summed E-state index contributed by atoms with van der Waals surface area (Å²) in [5.74, 6) is -3.90. The minimum Gasteiger partial charge on any atom is -0.493 e. The van der Waals surface area contributed by atoms with E-state index in [9.17, 15) is 19.2 Å². The highest BCUT2D eigenvalue weighted by molar-refractivity contribution is 6.37. The second kappa shape index (κ2) is 8.11. The van der Waals surface area contributed by atoms with Gasteiger partial charge in [-0.25, -0.2) is 4.90 Å². The number of Topliss-reactive ketones (excluding diaryl/α,β-unsaturated/α-hetero) is 2. The van der Waals surface area contributed by atoms with E-state index >= 15 is 0 Å². The highest BCUT2D eigenvalue weighted by Crippen LogP contribution is 2.58. The molecule has 6 rings (SSSR count). The Labute approximate surface area is 212 Å². The van der Waals surface area contributed by atoms with Gasteiger partial charge in [-0.2, -0.15) is 0 Å². The standard InChI is InChI=1S/C29H23NO7/c1-15-8-11-17(12-9-15)30-27(33)22-23(28(30)34)29(25(31)18-6-4-5-7-19(18)26(29)32)37-24(22)16-10-13-20(35-2)21(14-16)36-3/h4-14,22-24H,1-3H3/t22-,23+,24+/m0/s1. The molecule has 2 saturated heterocycles. The molecule has 8 heteroatoms. The average molecular weight is 498 g/mol. The van der Waals surface area contributed by atoms with E-state index in [0.717, 1.165) is 10.5 Å². The summed E-state index contributed by atoms with van der Waals surface area (Å²) in [6.45, 7) is 1.90. The van der Waals surface area contributed by atoms with Crippen LogP contribution >= 0.6 is 0 Å². The van der Waals surface area contributed by atoms with Crippen LogP contribution in [0.25, 0.3) is 0 Å². The zero-order valence-corrected chi connectivity index (χ0v) is 20.4. The number of rotatable bonds is 4. The van der Waals surface area contributed by atoms with Crippen molar-refractivity contribution in [2.75, 3.05) is 19.1 Å². The molecule has 0 bridgehead atoms. The van der Waals surface area contributed by atoms with Crippen molar-refractivity contribution in [2.24, 2.45) is 11.8 Å². The van der Waals surface area contributed by atoms with Crippen molar-refractivity contribution >= 4 is 29.1 Å². The van der Waals surface area contributed by atoms with E-state index in [0.29, 0.717) is 22.7 Å². The molecule has 0 saturated carbocycles. The van der Waals surface area contributed by atoms with E-state index in [4.69, 9.17) is 14.2 Å². The SMILES string of the molecule is COc1ccc([C@H]2OC3(C(=O)c4ccccc4C3=O)[C@H]3C(=O)N(c4ccc(C)cc4)C(=O)[C@H]23)cc1OC. The van der Waals surface area contributed by atoms with Gasteiger partial charge in [0.05, 0.1) is 37.8 Å². The van der Waals surface area contributed by atoms with Gasteiger partial charge < -0.3 is 14.2 Å². The molecule has 8 nitrogen and oxygen atoms in total. The van der Waals surface area contributed by atoms with Crippen LogP contribution in [-0.2, 0) is 14.3 Å². The molecule has 1 aliphatic carbocycles. The number of carbonyl (C=O) groups is 4. The van der Waals surface area contributed by atoms with Crippen molar-refractivity contribution in [2.45, 2.75) is 18.6 Å². The van der Waals surface area contributed by atoms with E-state index in [1.54, 1.807) is 66.7 Å². The van der Waals surface area contributed by atoms with E-state index < -0.39 is 46.9 Å². The molecule has 0 aromatic heterocycles. The first-order valence-corrected chi connectivity index (χ1v) is 11.9. The Balaban J connectivity index is 1.54. The molecule has 0 radical (unpaired) electrons. The van der Waals surface area contributed by atoms with Crippen molar-refractivity contribution in [3.05, 3.63) is 89.0 Å². The smallest absolute Gasteiger partial charge is 0.241 e. The predicted octanol–water partition coefficient (Wildman–Crippen LogP) is 3.71. The number of aryl methyl sites for hydroxylation is 1. The minimum absolute atomic E-state index is 0.188. The fourth-order valence-corrected chi connectivity index (χ4v) is 5.80. The summed E-state index contributed by atoms with van der Waals surface area (Å²) in [5, 5.41) is 0. The number of imide groups is 1. The van der Waals surface area contributed by atoms with Crippen molar-refractivity contribution < 1.29 is 33.4 Å². The molecule has 37 heavy (non-hydrogen) atoms. The number of hydrogen-bond acceptors (Lipinski definition) is 7. The van der Waals surface area contributed by atoms with Gasteiger partial charge in [0.2, 0.25) is 29.0 Å². The van der Waals surface area contributed by atoms with Gasteiger partial charge in [0.1, 0.15) is 0 Å². The molecule has 2 fully saturated rings. The molecule has 1 spiro atoms. The fourth-order valence-electron chi connectivity index (χ4n) is 5.80. The summed E-state index contributed by atoms with van der Waals surface area (Å²) in [6, 6.07) is 18.3. The van der Waals surface area contributed by atoms with Gasteiger partial charge >= 0.3 is 0 Å². The van der Waals surface area contributed by atoms with Crippen LogP contribution in [0.3, 0.4) is 0 Å². The predicted molar refractivity (Wildman–Crippen MR) is 132 cm³/mol. The van der Waals surface area contributed by atoms with E-state index in [-0.39, 0.29) is 11.1 Å². The van der Waals surface area contributed by atoms with E-state index in [2.05, 4.69) is 0 Å². The lowest BCUT2D eigenvalue weighted by atomic mass is 9.77. The molecule has 0 N–H and O–H groups in total. The quantitative estimate of drug-likeness (QED) is 0.400. The first kappa shape index (κ1) is 23.1. The second-order valence-corrected chi connectivity index (χ2v) is 9.44. The molecule has 3 aromatic carbocycles. The molecule has 0 unspecified atom stereocenters. The van der Waals surface area contributed by atoms with Crippen LogP contribution in [0.2, 0.25) is 0 Å². The number of anilines is 1. The Morgan fingerprint density at radius 1 is 0.784 bits per heavy atom. The third-order valence-electron chi connectivity index (χ3n) is 7.55. The summed E-state index contributed by atoms with van der Waals surface area (Å²) < 4.78 is 17.1. The van der Waals surface area contributed by atoms with Crippen molar-refractivity contribution in [3.8, 4) is 11.5 Å². The lowest BCUT2D eigenvalue weighted by Crippen LogP contribution is -2.51. The summed E-state index contributed by atoms with van der Waals surface area (Å²) in [4.78, 5) is 56.6. The Hall–Kier alpha value is -4.30. The van der Waals surface area contributed by atoms with Gasteiger partial charge in [-0.05, 0) is 36.8 Å². The Bertz CT molecular complexity index is 1460. The molecular weight excluding hydrogens is 474 g/mol. The van der Waals surface area contributed by atoms with Crippen molar-refractivity contribution in [1.82, 2.24) is 0 Å². The monoisotopic (exact) mass is 497 g/mol. The molecular formula is C29H23NO7. The number of benzene rings is 3. The number of ketones is 2. The molecule has 3 atom stereocenters. The lowest BCUT2D eigenvalue weighted by Gasteiger charge is -2.27. The summed E-state index contributed by atoms with van der Waals surface area (Å²) in [7, 11) is 2.98. The van der Waals surface area contributed by atoms with Crippen LogP contribution in [0.5, 0.6) is 11.5 Å². The molecule has 3 aromatic rings. The number of methoxy groups -OCH3 is 2. The third-order valence-corrected chi connectivity index (χ3v) is 7.55. The van der Waals surface area contributed by atoms with E-state index in [1.807, 2.05) is 6.92 Å². The lowest BCUT2D eigenvalue weighted by molar-refractivity contribution is -0.127. The first-order valence-electron chi connectivity index (χ1n) is 11.9. The van der Waals surface area contributed by atoms with Gasteiger partial charge in [-0.3, -0.25) is 19.2 Å². The largest absolute Gasteiger partial charge is 0.493 e. The normalized spacial score (nSPS) is 23.5. The van der Waals surface area contributed by atoms with Gasteiger partial charge in [0.15, 0.2) is 11.5 Å². The highest BCUT2D eigenvalue weighted by atomic mass is 16.5. The van der Waals surface area contributed by atoms with E-state index in [1.165, 1.54) is 14.2 Å².